The van der Waals surface area contributed by atoms with Crippen LogP contribution in [0.3, 0.4) is 0 Å². The van der Waals surface area contributed by atoms with Gasteiger partial charge in [0.2, 0.25) is 0 Å². The van der Waals surface area contributed by atoms with Crippen LogP contribution in [-0.4, -0.2) is 20.4 Å². The van der Waals surface area contributed by atoms with Crippen LogP contribution in [0.1, 0.15) is 60.7 Å². The van der Waals surface area contributed by atoms with Gasteiger partial charge >= 0.3 is 0 Å². The van der Waals surface area contributed by atoms with Crippen LogP contribution < -0.4 is 9.80 Å². The molecule has 3 nitrogen and oxygen atoms in total. The van der Waals surface area contributed by atoms with Gasteiger partial charge in [-0.2, -0.15) is 0 Å². The maximum Gasteiger partial charge on any atom is 0.150 e. The van der Waals surface area contributed by atoms with E-state index < -0.39 is 0 Å². The van der Waals surface area contributed by atoms with E-state index in [0.717, 1.165) is 21.9 Å². The third kappa shape index (κ3) is 4.19. The molecule has 0 unspecified atom stereocenters. The zero-order valence-electron chi connectivity index (χ0n) is 22.1. The second-order valence-corrected chi connectivity index (χ2v) is 12.0. The topological polar surface area (TPSA) is 23.6 Å². The van der Waals surface area contributed by atoms with E-state index in [2.05, 4.69) is 100 Å². The Morgan fingerprint density at radius 1 is 0.703 bits per heavy atom. The summed E-state index contributed by atoms with van der Waals surface area (Å²) in [4.78, 5) is 15.9. The van der Waals surface area contributed by atoms with Crippen LogP contribution in [0.2, 0.25) is 10.0 Å². The van der Waals surface area contributed by atoms with Gasteiger partial charge in [-0.3, -0.25) is 4.79 Å². The molecule has 37 heavy (non-hydrogen) atoms. The van der Waals surface area contributed by atoms with Crippen molar-refractivity contribution in [2.75, 3.05) is 23.9 Å². The van der Waals surface area contributed by atoms with Gasteiger partial charge in [0.05, 0.1) is 0 Å². The van der Waals surface area contributed by atoms with Crippen LogP contribution in [-0.2, 0) is 10.8 Å². The first-order valence-electron chi connectivity index (χ1n) is 12.5. The van der Waals surface area contributed by atoms with Crippen molar-refractivity contribution in [3.63, 3.8) is 0 Å². The predicted octanol–water partition coefficient (Wildman–Crippen LogP) is 8.51. The quantitative estimate of drug-likeness (QED) is 0.315. The van der Waals surface area contributed by atoms with Crippen LogP contribution >= 0.6 is 23.2 Å². The van der Waals surface area contributed by atoms with Gasteiger partial charge < -0.3 is 9.80 Å². The van der Waals surface area contributed by atoms with Crippen molar-refractivity contribution in [2.24, 2.45) is 0 Å². The molecule has 190 valence electrons. The molecular formula is C32H32Cl2N2O. The molecule has 2 heterocycles. The number of hydrogen-bond acceptors (Lipinski definition) is 3. The number of anilines is 2. The molecule has 5 rings (SSSR count). The van der Waals surface area contributed by atoms with Crippen LogP contribution in [0.25, 0.3) is 0 Å². The molecule has 0 bridgehead atoms. The molecule has 2 aliphatic rings. The lowest BCUT2D eigenvalue weighted by atomic mass is 9.80. The van der Waals surface area contributed by atoms with E-state index in [9.17, 15) is 4.79 Å². The Hall–Kier alpha value is -3.01. The third-order valence-electron chi connectivity index (χ3n) is 8.12. The fourth-order valence-electron chi connectivity index (χ4n) is 5.99. The number of carbonyl (C=O) groups is 1. The molecular weight excluding hydrogens is 499 g/mol. The summed E-state index contributed by atoms with van der Waals surface area (Å²) < 4.78 is 0. The summed E-state index contributed by atoms with van der Waals surface area (Å²) in [7, 11) is 4.24. The molecule has 0 saturated carbocycles. The maximum absolute atomic E-state index is 11.3. The Kier molecular flexibility index (Phi) is 6.29. The van der Waals surface area contributed by atoms with Crippen molar-refractivity contribution in [1.29, 1.82) is 0 Å². The van der Waals surface area contributed by atoms with Crippen molar-refractivity contribution < 1.29 is 4.79 Å². The largest absolute Gasteiger partial charge is 0.347 e. The van der Waals surface area contributed by atoms with E-state index in [1.165, 1.54) is 33.9 Å². The van der Waals surface area contributed by atoms with Crippen molar-refractivity contribution in [3.8, 4) is 0 Å². The number of hydrogen-bond donors (Lipinski definition) is 0. The first-order chi connectivity index (χ1) is 17.4. The SMILES string of the molecule is CN1/C(=C/C(/C=C2/N(C)c3ccc(Cl)cc3C2(C)C)c2ccc(C=O)cc2)C(C)(C)c2cc(Cl)ccc21. The molecule has 2 aliphatic heterocycles. The van der Waals surface area contributed by atoms with Gasteiger partial charge in [0.1, 0.15) is 6.29 Å². The van der Waals surface area contributed by atoms with E-state index in [1.54, 1.807) is 0 Å². The van der Waals surface area contributed by atoms with Gasteiger partial charge in [0, 0.05) is 69.2 Å². The van der Waals surface area contributed by atoms with Crippen molar-refractivity contribution in [1.82, 2.24) is 0 Å². The molecule has 0 aliphatic carbocycles. The van der Waals surface area contributed by atoms with Crippen LogP contribution in [0, 0.1) is 0 Å². The van der Waals surface area contributed by atoms with Gasteiger partial charge in [-0.1, -0.05) is 87.3 Å². The molecule has 5 heteroatoms. The molecule has 0 saturated heterocycles. The number of rotatable bonds is 4. The van der Waals surface area contributed by atoms with E-state index in [0.29, 0.717) is 5.56 Å². The second kappa shape index (κ2) is 9.08. The molecule has 0 radical (unpaired) electrons. The summed E-state index contributed by atoms with van der Waals surface area (Å²) in [5, 5.41) is 1.49. The molecule has 3 aromatic carbocycles. The number of likely N-dealkylation sites (N-methyl/N-ethyl adjacent to an activating group) is 2. The minimum Gasteiger partial charge on any atom is -0.347 e. The highest BCUT2D eigenvalue weighted by Crippen LogP contribution is 2.51. The Morgan fingerprint density at radius 2 is 1.14 bits per heavy atom. The molecule has 0 atom stereocenters. The van der Waals surface area contributed by atoms with Crippen molar-refractivity contribution in [3.05, 3.63) is 117 Å². The highest BCUT2D eigenvalue weighted by molar-refractivity contribution is 6.31. The Balaban J connectivity index is 1.67. The Morgan fingerprint density at radius 3 is 1.54 bits per heavy atom. The van der Waals surface area contributed by atoms with Gasteiger partial charge in [-0.05, 0) is 53.1 Å². The lowest BCUT2D eigenvalue weighted by Gasteiger charge is -2.28. The summed E-state index contributed by atoms with van der Waals surface area (Å²) in [6, 6.07) is 20.1. The van der Waals surface area contributed by atoms with E-state index in [4.69, 9.17) is 23.2 Å². The summed E-state index contributed by atoms with van der Waals surface area (Å²) in [5.41, 5.74) is 8.56. The number of halogens is 2. The smallest absolute Gasteiger partial charge is 0.150 e. The zero-order valence-corrected chi connectivity index (χ0v) is 23.7. The van der Waals surface area contributed by atoms with Crippen molar-refractivity contribution in [2.45, 2.75) is 44.4 Å². The summed E-state index contributed by atoms with van der Waals surface area (Å²) in [6.45, 7) is 9.00. The third-order valence-corrected chi connectivity index (χ3v) is 8.59. The van der Waals surface area contributed by atoms with Gasteiger partial charge in [0.25, 0.3) is 0 Å². The number of nitrogens with zero attached hydrogens (tertiary/aromatic N) is 2. The number of carbonyl (C=O) groups excluding carboxylic acids is 1. The molecule has 0 N–H and O–H groups in total. The minimum absolute atomic E-state index is 0.0243. The van der Waals surface area contributed by atoms with Gasteiger partial charge in [0.15, 0.2) is 0 Å². The van der Waals surface area contributed by atoms with Crippen LogP contribution in [0.15, 0.2) is 84.2 Å². The first-order valence-corrected chi connectivity index (χ1v) is 13.3. The standard InChI is InChI=1S/C32H32Cl2N2O/c1-31(2)25-17-23(33)11-13-27(25)35(5)29(31)15-22(21-9-7-20(19-37)8-10-21)16-30-32(3,4)26-18-24(34)12-14-28(26)36(30)6/h7-19,22H,1-6H3/b29-15+,30-16+. The fraction of sp³-hybridized carbons (Fsp3) is 0.281. The molecule has 3 aromatic rings. The number of aldehydes is 1. The fourth-order valence-corrected chi connectivity index (χ4v) is 6.34. The Labute approximate surface area is 230 Å². The van der Waals surface area contributed by atoms with Crippen molar-refractivity contribution >= 4 is 40.9 Å². The summed E-state index contributed by atoms with van der Waals surface area (Å²) in [5.74, 6) is -0.0243. The van der Waals surface area contributed by atoms with Crippen LogP contribution in [0.5, 0.6) is 0 Å². The molecule has 0 fully saturated rings. The average molecular weight is 532 g/mol. The molecule has 0 aromatic heterocycles. The molecule has 0 spiro atoms. The van der Waals surface area contributed by atoms with Crippen LogP contribution in [0.4, 0.5) is 11.4 Å². The highest BCUT2D eigenvalue weighted by Gasteiger charge is 2.41. The normalized spacial score (nSPS) is 19.6. The number of allylic oxidation sites excluding steroid dienone is 4. The first kappa shape index (κ1) is 25.6. The zero-order chi connectivity index (χ0) is 26.7. The highest BCUT2D eigenvalue weighted by atomic mass is 35.5. The lowest BCUT2D eigenvalue weighted by molar-refractivity contribution is 0.112. The number of fused-ring (bicyclic) bond motifs is 2. The average Bonchev–Trinajstić information content (AvgIpc) is 3.16. The lowest BCUT2D eigenvalue weighted by Crippen LogP contribution is -2.25. The molecule has 0 amide bonds. The van der Waals surface area contributed by atoms with E-state index >= 15 is 0 Å². The number of benzene rings is 3. The van der Waals surface area contributed by atoms with Gasteiger partial charge in [-0.15, -0.1) is 0 Å². The summed E-state index contributed by atoms with van der Waals surface area (Å²) in [6.07, 6.45) is 5.60. The monoisotopic (exact) mass is 530 g/mol. The minimum atomic E-state index is -0.220. The second-order valence-electron chi connectivity index (χ2n) is 11.1. The maximum atomic E-state index is 11.3. The summed E-state index contributed by atoms with van der Waals surface area (Å²) >= 11 is 12.8. The van der Waals surface area contributed by atoms with E-state index in [1.807, 2.05) is 24.3 Å². The van der Waals surface area contributed by atoms with Gasteiger partial charge in [-0.25, -0.2) is 0 Å². The predicted molar refractivity (Wildman–Crippen MR) is 156 cm³/mol. The Bertz CT molecular complexity index is 1360. The van der Waals surface area contributed by atoms with E-state index in [-0.39, 0.29) is 16.7 Å².